The van der Waals surface area contributed by atoms with Crippen LogP contribution >= 0.6 is 11.3 Å². The van der Waals surface area contributed by atoms with E-state index < -0.39 is 11.9 Å². The van der Waals surface area contributed by atoms with Gasteiger partial charge in [-0.1, -0.05) is 29.8 Å². The summed E-state index contributed by atoms with van der Waals surface area (Å²) in [6, 6.07) is 9.91. The van der Waals surface area contributed by atoms with E-state index in [4.69, 9.17) is 0 Å². The SMILES string of the molecule is Cc1ccc(CC(C(=O)O)c2ccsc2)cc1. The molecule has 0 bridgehead atoms. The van der Waals surface area contributed by atoms with Crippen molar-refractivity contribution < 1.29 is 9.90 Å². The van der Waals surface area contributed by atoms with Gasteiger partial charge in [0.25, 0.3) is 0 Å². The molecule has 0 aliphatic carbocycles. The van der Waals surface area contributed by atoms with Crippen LogP contribution in [-0.4, -0.2) is 11.1 Å². The molecule has 2 rings (SSSR count). The van der Waals surface area contributed by atoms with Crippen molar-refractivity contribution in [3.05, 3.63) is 57.8 Å². The average molecular weight is 246 g/mol. The molecule has 0 aliphatic rings. The van der Waals surface area contributed by atoms with Crippen LogP contribution in [0.2, 0.25) is 0 Å². The third kappa shape index (κ3) is 2.94. The molecule has 3 heteroatoms. The van der Waals surface area contributed by atoms with Crippen molar-refractivity contribution in [3.8, 4) is 0 Å². The molecule has 88 valence electrons. The molecule has 0 aliphatic heterocycles. The molecule has 1 aromatic heterocycles. The Bertz CT molecular complexity index is 485. The van der Waals surface area contributed by atoms with Gasteiger partial charge in [-0.15, -0.1) is 0 Å². The second kappa shape index (κ2) is 5.15. The Hall–Kier alpha value is -1.61. The number of carbonyl (C=O) groups is 1. The Balaban J connectivity index is 2.19. The van der Waals surface area contributed by atoms with Crippen molar-refractivity contribution in [2.45, 2.75) is 19.3 Å². The highest BCUT2D eigenvalue weighted by molar-refractivity contribution is 7.08. The number of rotatable bonds is 4. The zero-order valence-corrected chi connectivity index (χ0v) is 10.4. The van der Waals surface area contributed by atoms with Crippen LogP contribution < -0.4 is 0 Å². The number of hydrogen-bond donors (Lipinski definition) is 1. The number of carboxylic acids is 1. The predicted molar refractivity (Wildman–Crippen MR) is 69.6 cm³/mol. The second-order valence-electron chi connectivity index (χ2n) is 4.14. The van der Waals surface area contributed by atoms with Crippen molar-refractivity contribution in [3.63, 3.8) is 0 Å². The quantitative estimate of drug-likeness (QED) is 0.897. The average Bonchev–Trinajstić information content (AvgIpc) is 2.81. The van der Waals surface area contributed by atoms with Crippen LogP contribution in [0.25, 0.3) is 0 Å². The number of thiophene rings is 1. The monoisotopic (exact) mass is 246 g/mol. The number of carboxylic acid groups (broad SMARTS) is 1. The highest BCUT2D eigenvalue weighted by Crippen LogP contribution is 2.23. The fourth-order valence-electron chi connectivity index (χ4n) is 1.78. The lowest BCUT2D eigenvalue weighted by Crippen LogP contribution is -2.13. The number of aryl methyl sites for hydroxylation is 1. The molecule has 0 amide bonds. The van der Waals surface area contributed by atoms with Gasteiger partial charge in [-0.05, 0) is 41.3 Å². The zero-order valence-electron chi connectivity index (χ0n) is 9.59. The van der Waals surface area contributed by atoms with Gasteiger partial charge in [-0.25, -0.2) is 0 Å². The van der Waals surface area contributed by atoms with Gasteiger partial charge >= 0.3 is 5.97 Å². The topological polar surface area (TPSA) is 37.3 Å². The molecule has 0 fully saturated rings. The molecule has 0 saturated heterocycles. The van der Waals surface area contributed by atoms with Gasteiger partial charge in [0.2, 0.25) is 0 Å². The number of hydrogen-bond acceptors (Lipinski definition) is 2. The minimum absolute atomic E-state index is 0.441. The summed E-state index contributed by atoms with van der Waals surface area (Å²) in [6.45, 7) is 2.03. The third-order valence-corrected chi connectivity index (χ3v) is 3.51. The Morgan fingerprint density at radius 1 is 1.29 bits per heavy atom. The Labute approximate surface area is 105 Å². The Morgan fingerprint density at radius 2 is 2.00 bits per heavy atom. The standard InChI is InChI=1S/C14H14O2S/c1-10-2-4-11(5-3-10)8-13(14(15)16)12-6-7-17-9-12/h2-7,9,13H,8H2,1H3,(H,15,16). The van der Waals surface area contributed by atoms with Gasteiger partial charge in [0.15, 0.2) is 0 Å². The molecule has 0 radical (unpaired) electrons. The second-order valence-corrected chi connectivity index (χ2v) is 4.92. The fraction of sp³-hybridized carbons (Fsp3) is 0.214. The van der Waals surface area contributed by atoms with Crippen LogP contribution in [0.3, 0.4) is 0 Å². The first-order valence-electron chi connectivity index (χ1n) is 5.47. The molecule has 2 nitrogen and oxygen atoms in total. The molecule has 2 aromatic rings. The van der Waals surface area contributed by atoms with Crippen molar-refractivity contribution >= 4 is 17.3 Å². The van der Waals surface area contributed by atoms with E-state index in [0.717, 1.165) is 11.1 Å². The van der Waals surface area contributed by atoms with Gasteiger partial charge in [0.1, 0.15) is 0 Å². The summed E-state index contributed by atoms with van der Waals surface area (Å²) in [5.74, 6) is -1.20. The van der Waals surface area contributed by atoms with Crippen molar-refractivity contribution in [1.29, 1.82) is 0 Å². The van der Waals surface area contributed by atoms with Gasteiger partial charge in [0.05, 0.1) is 5.92 Å². The summed E-state index contributed by atoms with van der Waals surface area (Å²) in [4.78, 5) is 11.3. The van der Waals surface area contributed by atoms with Gasteiger partial charge in [0, 0.05) is 0 Å². The lowest BCUT2D eigenvalue weighted by Gasteiger charge is -2.11. The molecule has 1 aromatic carbocycles. The van der Waals surface area contributed by atoms with Gasteiger partial charge in [-0.2, -0.15) is 11.3 Å². The van der Waals surface area contributed by atoms with Crippen LogP contribution in [0.4, 0.5) is 0 Å². The molecule has 17 heavy (non-hydrogen) atoms. The minimum atomic E-state index is -0.760. The Morgan fingerprint density at radius 3 is 2.53 bits per heavy atom. The molecule has 1 N–H and O–H groups in total. The summed E-state index contributed by atoms with van der Waals surface area (Å²) in [5.41, 5.74) is 3.15. The number of benzene rings is 1. The van der Waals surface area contributed by atoms with E-state index in [-0.39, 0.29) is 0 Å². The summed E-state index contributed by atoms with van der Waals surface area (Å²) < 4.78 is 0. The smallest absolute Gasteiger partial charge is 0.311 e. The first-order chi connectivity index (χ1) is 8.16. The normalized spacial score (nSPS) is 12.3. The van der Waals surface area contributed by atoms with E-state index in [1.165, 1.54) is 16.9 Å². The molecule has 0 spiro atoms. The lowest BCUT2D eigenvalue weighted by atomic mass is 9.94. The first kappa shape index (κ1) is 11.9. The highest BCUT2D eigenvalue weighted by atomic mass is 32.1. The summed E-state index contributed by atoms with van der Waals surface area (Å²) >= 11 is 1.54. The van der Waals surface area contributed by atoms with E-state index >= 15 is 0 Å². The van der Waals surface area contributed by atoms with Crippen LogP contribution in [0.15, 0.2) is 41.1 Å². The first-order valence-corrected chi connectivity index (χ1v) is 6.41. The van der Waals surface area contributed by atoms with Crippen molar-refractivity contribution in [2.24, 2.45) is 0 Å². The van der Waals surface area contributed by atoms with Gasteiger partial charge < -0.3 is 5.11 Å². The van der Waals surface area contributed by atoms with Crippen LogP contribution in [-0.2, 0) is 11.2 Å². The fourth-order valence-corrected chi connectivity index (χ4v) is 2.50. The van der Waals surface area contributed by atoms with E-state index in [2.05, 4.69) is 0 Å². The van der Waals surface area contributed by atoms with E-state index in [1.54, 1.807) is 0 Å². The number of aliphatic carboxylic acids is 1. The van der Waals surface area contributed by atoms with E-state index in [9.17, 15) is 9.90 Å². The summed E-state index contributed by atoms with van der Waals surface area (Å²) in [5, 5.41) is 13.1. The molecule has 1 heterocycles. The molecule has 1 unspecified atom stereocenters. The molecule has 1 atom stereocenters. The molecular formula is C14H14O2S. The maximum atomic E-state index is 11.3. The largest absolute Gasteiger partial charge is 0.481 e. The zero-order chi connectivity index (χ0) is 12.3. The lowest BCUT2D eigenvalue weighted by molar-refractivity contribution is -0.138. The van der Waals surface area contributed by atoms with Crippen molar-refractivity contribution in [1.82, 2.24) is 0 Å². The van der Waals surface area contributed by atoms with E-state index in [1.807, 2.05) is 48.0 Å². The maximum absolute atomic E-state index is 11.3. The van der Waals surface area contributed by atoms with Crippen LogP contribution in [0, 0.1) is 6.92 Å². The van der Waals surface area contributed by atoms with Crippen LogP contribution in [0.5, 0.6) is 0 Å². The van der Waals surface area contributed by atoms with Gasteiger partial charge in [-0.3, -0.25) is 4.79 Å². The molecule has 0 saturated carbocycles. The summed E-state index contributed by atoms with van der Waals surface area (Å²) in [7, 11) is 0. The third-order valence-electron chi connectivity index (χ3n) is 2.80. The van der Waals surface area contributed by atoms with Crippen LogP contribution in [0.1, 0.15) is 22.6 Å². The predicted octanol–water partition coefficient (Wildman–Crippen LogP) is 3.47. The summed E-state index contributed by atoms with van der Waals surface area (Å²) in [6.07, 6.45) is 0.548. The molecular weight excluding hydrogens is 232 g/mol. The van der Waals surface area contributed by atoms with E-state index in [0.29, 0.717) is 6.42 Å². The van der Waals surface area contributed by atoms with Crippen molar-refractivity contribution in [2.75, 3.05) is 0 Å². The maximum Gasteiger partial charge on any atom is 0.311 e. The highest BCUT2D eigenvalue weighted by Gasteiger charge is 2.20. The Kier molecular flexibility index (Phi) is 3.59. The minimum Gasteiger partial charge on any atom is -0.481 e.